The molecule has 0 saturated carbocycles. The molecule has 112 valence electrons. The quantitative estimate of drug-likeness (QED) is 0.548. The number of aryl methyl sites for hydroxylation is 1. The van der Waals surface area contributed by atoms with Crippen molar-refractivity contribution in [3.8, 4) is 5.82 Å². The molecule has 0 aliphatic heterocycles. The van der Waals surface area contributed by atoms with E-state index in [0.717, 1.165) is 11.2 Å². The monoisotopic (exact) mass is 311 g/mol. The van der Waals surface area contributed by atoms with Crippen molar-refractivity contribution in [2.45, 2.75) is 31.2 Å². The van der Waals surface area contributed by atoms with E-state index in [1.807, 2.05) is 43.3 Å². The summed E-state index contributed by atoms with van der Waals surface area (Å²) in [5, 5.41) is 1.61. The zero-order valence-corrected chi connectivity index (χ0v) is 13.6. The molecule has 0 spiro atoms. The van der Waals surface area contributed by atoms with Gasteiger partial charge in [0.1, 0.15) is 5.82 Å². The zero-order chi connectivity index (χ0) is 15.7. The second-order valence-electron chi connectivity index (χ2n) is 5.36. The standard InChI is InChI=1S/C17H17N3OS/c1-11(2)22-17-19-14-9-5-4-8-13(14)16(21)20(17)15-10-6-7-12(3)18-15/h4-11H,1-3H3. The van der Waals surface area contributed by atoms with Crippen LogP contribution in [0.25, 0.3) is 16.7 Å². The van der Waals surface area contributed by atoms with Crippen LogP contribution in [0.1, 0.15) is 19.5 Å². The minimum Gasteiger partial charge on any atom is -0.268 e. The summed E-state index contributed by atoms with van der Waals surface area (Å²) in [6.07, 6.45) is 0. The minimum absolute atomic E-state index is 0.0770. The molecule has 5 heteroatoms. The van der Waals surface area contributed by atoms with Crippen LogP contribution in [0.2, 0.25) is 0 Å². The third kappa shape index (κ3) is 2.76. The third-order valence-corrected chi connectivity index (χ3v) is 4.14. The summed E-state index contributed by atoms with van der Waals surface area (Å²) in [7, 11) is 0. The lowest BCUT2D eigenvalue weighted by Crippen LogP contribution is -2.23. The molecular weight excluding hydrogens is 294 g/mol. The Labute approximate surface area is 133 Å². The Morgan fingerprint density at radius 3 is 2.55 bits per heavy atom. The van der Waals surface area contributed by atoms with Gasteiger partial charge in [-0.2, -0.15) is 0 Å². The molecule has 0 N–H and O–H groups in total. The van der Waals surface area contributed by atoms with E-state index in [1.54, 1.807) is 22.4 Å². The van der Waals surface area contributed by atoms with Gasteiger partial charge in [0.05, 0.1) is 10.9 Å². The number of hydrogen-bond donors (Lipinski definition) is 0. The third-order valence-electron chi connectivity index (χ3n) is 3.19. The first kappa shape index (κ1) is 14.8. The van der Waals surface area contributed by atoms with Gasteiger partial charge in [-0.3, -0.25) is 4.79 Å². The van der Waals surface area contributed by atoms with Crippen molar-refractivity contribution in [3.63, 3.8) is 0 Å². The first-order chi connectivity index (χ1) is 10.6. The van der Waals surface area contributed by atoms with Gasteiger partial charge in [-0.25, -0.2) is 14.5 Å². The highest BCUT2D eigenvalue weighted by Crippen LogP contribution is 2.23. The second kappa shape index (κ2) is 5.93. The molecule has 0 aliphatic carbocycles. The number of thioether (sulfide) groups is 1. The van der Waals surface area contributed by atoms with Crippen LogP contribution in [0.5, 0.6) is 0 Å². The van der Waals surface area contributed by atoms with Gasteiger partial charge in [0.2, 0.25) is 0 Å². The molecule has 0 unspecified atom stereocenters. The molecule has 0 fully saturated rings. The molecule has 2 aromatic heterocycles. The molecular formula is C17H17N3OS. The van der Waals surface area contributed by atoms with Gasteiger partial charge in [0.25, 0.3) is 5.56 Å². The zero-order valence-electron chi connectivity index (χ0n) is 12.8. The maximum atomic E-state index is 12.9. The lowest BCUT2D eigenvalue weighted by atomic mass is 10.2. The summed E-state index contributed by atoms with van der Waals surface area (Å²) in [5.41, 5.74) is 1.52. The Morgan fingerprint density at radius 2 is 1.82 bits per heavy atom. The number of benzene rings is 1. The lowest BCUT2D eigenvalue weighted by molar-refractivity contribution is 0.789. The molecule has 0 aliphatic rings. The average Bonchev–Trinajstić information content (AvgIpc) is 2.47. The van der Waals surface area contributed by atoms with Crippen LogP contribution in [-0.2, 0) is 0 Å². The fourth-order valence-corrected chi connectivity index (χ4v) is 3.11. The molecule has 0 atom stereocenters. The Morgan fingerprint density at radius 1 is 1.05 bits per heavy atom. The summed E-state index contributed by atoms with van der Waals surface area (Å²) in [5.74, 6) is 0.617. The summed E-state index contributed by atoms with van der Waals surface area (Å²) in [6.45, 7) is 6.08. The Kier molecular flexibility index (Phi) is 3.98. The summed E-state index contributed by atoms with van der Waals surface area (Å²) >= 11 is 1.57. The van der Waals surface area contributed by atoms with Gasteiger partial charge in [-0.15, -0.1) is 0 Å². The van der Waals surface area contributed by atoms with E-state index in [1.165, 1.54) is 0 Å². The van der Waals surface area contributed by atoms with Crippen LogP contribution in [0.15, 0.2) is 52.4 Å². The lowest BCUT2D eigenvalue weighted by Gasteiger charge is -2.14. The van der Waals surface area contributed by atoms with E-state index in [2.05, 4.69) is 23.8 Å². The van der Waals surface area contributed by atoms with E-state index in [0.29, 0.717) is 21.6 Å². The van der Waals surface area contributed by atoms with Crippen LogP contribution in [0.3, 0.4) is 0 Å². The van der Waals surface area contributed by atoms with Gasteiger partial charge in [-0.1, -0.05) is 43.8 Å². The van der Waals surface area contributed by atoms with Crippen molar-refractivity contribution in [2.24, 2.45) is 0 Å². The summed E-state index contributed by atoms with van der Waals surface area (Å²) < 4.78 is 1.61. The van der Waals surface area contributed by atoms with Crippen LogP contribution in [0.4, 0.5) is 0 Å². The normalized spacial score (nSPS) is 11.3. The maximum Gasteiger partial charge on any atom is 0.267 e. The predicted octanol–water partition coefficient (Wildman–Crippen LogP) is 3.59. The SMILES string of the molecule is Cc1cccc(-n2c(SC(C)C)nc3ccccc3c2=O)n1. The van der Waals surface area contributed by atoms with E-state index in [9.17, 15) is 4.79 Å². The number of nitrogens with zero attached hydrogens (tertiary/aromatic N) is 3. The van der Waals surface area contributed by atoms with Gasteiger partial charge >= 0.3 is 0 Å². The molecule has 0 radical (unpaired) electrons. The first-order valence-electron chi connectivity index (χ1n) is 7.19. The van der Waals surface area contributed by atoms with Gasteiger partial charge in [0.15, 0.2) is 5.16 Å². The fraction of sp³-hybridized carbons (Fsp3) is 0.235. The van der Waals surface area contributed by atoms with Crippen molar-refractivity contribution >= 4 is 22.7 Å². The van der Waals surface area contributed by atoms with Crippen LogP contribution < -0.4 is 5.56 Å². The van der Waals surface area contributed by atoms with Crippen molar-refractivity contribution in [1.82, 2.24) is 14.5 Å². The van der Waals surface area contributed by atoms with Crippen molar-refractivity contribution < 1.29 is 0 Å². The van der Waals surface area contributed by atoms with Crippen LogP contribution in [0, 0.1) is 6.92 Å². The summed E-state index contributed by atoms with van der Waals surface area (Å²) in [4.78, 5) is 22.1. The summed E-state index contributed by atoms with van der Waals surface area (Å²) in [6, 6.07) is 13.1. The topological polar surface area (TPSA) is 47.8 Å². The molecule has 3 aromatic rings. The van der Waals surface area contributed by atoms with Gasteiger partial charge < -0.3 is 0 Å². The predicted molar refractivity (Wildman–Crippen MR) is 90.9 cm³/mol. The van der Waals surface area contributed by atoms with Crippen molar-refractivity contribution in [1.29, 1.82) is 0 Å². The van der Waals surface area contributed by atoms with Crippen molar-refractivity contribution in [2.75, 3.05) is 0 Å². The number of hydrogen-bond acceptors (Lipinski definition) is 4. The van der Waals surface area contributed by atoms with E-state index < -0.39 is 0 Å². The molecule has 4 nitrogen and oxygen atoms in total. The number of para-hydroxylation sites is 1. The highest BCUT2D eigenvalue weighted by atomic mass is 32.2. The number of rotatable bonds is 3. The molecule has 0 amide bonds. The van der Waals surface area contributed by atoms with Gasteiger partial charge in [-0.05, 0) is 31.2 Å². The van der Waals surface area contributed by atoms with Gasteiger partial charge in [0, 0.05) is 10.9 Å². The molecule has 1 aromatic carbocycles. The maximum absolute atomic E-state index is 12.9. The molecule has 2 heterocycles. The molecule has 0 saturated heterocycles. The number of pyridine rings is 1. The molecule has 0 bridgehead atoms. The smallest absolute Gasteiger partial charge is 0.267 e. The van der Waals surface area contributed by atoms with Crippen LogP contribution in [-0.4, -0.2) is 19.8 Å². The molecule has 3 rings (SSSR count). The second-order valence-corrected chi connectivity index (χ2v) is 6.90. The van der Waals surface area contributed by atoms with Crippen molar-refractivity contribution in [3.05, 3.63) is 58.5 Å². The fourth-order valence-electron chi connectivity index (χ4n) is 2.26. The highest BCUT2D eigenvalue weighted by molar-refractivity contribution is 7.99. The van der Waals surface area contributed by atoms with Crippen LogP contribution >= 0.6 is 11.8 Å². The largest absolute Gasteiger partial charge is 0.268 e. The Bertz CT molecular complexity index is 886. The number of aromatic nitrogens is 3. The van der Waals surface area contributed by atoms with E-state index in [4.69, 9.17) is 0 Å². The average molecular weight is 311 g/mol. The number of fused-ring (bicyclic) bond motifs is 1. The minimum atomic E-state index is -0.0770. The van der Waals surface area contributed by atoms with E-state index in [-0.39, 0.29) is 5.56 Å². The first-order valence-corrected chi connectivity index (χ1v) is 8.06. The van der Waals surface area contributed by atoms with E-state index >= 15 is 0 Å². The molecule has 22 heavy (non-hydrogen) atoms. The Balaban J connectivity index is 2.34. The Hall–Kier alpha value is -2.14. The highest BCUT2D eigenvalue weighted by Gasteiger charge is 2.15.